The molecule has 0 amide bonds. The molecule has 4 heteroatoms. The summed E-state index contributed by atoms with van der Waals surface area (Å²) < 4.78 is 5.58. The van der Waals surface area contributed by atoms with Gasteiger partial charge in [0.1, 0.15) is 0 Å². The SMILES string of the molecule is CCNC(=NCC(C)c1ccc(C)cc1)N1CCC(COCC)C1. The molecular formula is C20H33N3O. The van der Waals surface area contributed by atoms with Crippen LogP contribution >= 0.6 is 0 Å². The first kappa shape index (κ1) is 18.8. The van der Waals surface area contributed by atoms with Crippen LogP contribution < -0.4 is 5.32 Å². The van der Waals surface area contributed by atoms with Gasteiger partial charge in [0.2, 0.25) is 0 Å². The first-order valence-electron chi connectivity index (χ1n) is 9.31. The van der Waals surface area contributed by atoms with Crippen molar-refractivity contribution in [3.05, 3.63) is 35.4 Å². The van der Waals surface area contributed by atoms with Crippen molar-refractivity contribution >= 4 is 5.96 Å². The second-order valence-electron chi connectivity index (χ2n) is 6.77. The summed E-state index contributed by atoms with van der Waals surface area (Å²) >= 11 is 0. The molecule has 1 aromatic carbocycles. The van der Waals surface area contributed by atoms with Crippen LogP contribution in [-0.4, -0.2) is 50.3 Å². The van der Waals surface area contributed by atoms with Gasteiger partial charge >= 0.3 is 0 Å². The Morgan fingerprint density at radius 1 is 1.33 bits per heavy atom. The van der Waals surface area contributed by atoms with E-state index in [0.29, 0.717) is 11.8 Å². The molecule has 24 heavy (non-hydrogen) atoms. The highest BCUT2D eigenvalue weighted by Gasteiger charge is 2.24. The molecular weight excluding hydrogens is 298 g/mol. The molecule has 2 unspecified atom stereocenters. The van der Waals surface area contributed by atoms with Crippen LogP contribution in [0.2, 0.25) is 0 Å². The summed E-state index contributed by atoms with van der Waals surface area (Å²) in [6, 6.07) is 8.80. The van der Waals surface area contributed by atoms with Gasteiger partial charge in [-0.3, -0.25) is 4.99 Å². The lowest BCUT2D eigenvalue weighted by molar-refractivity contribution is 0.114. The number of likely N-dealkylation sites (tertiary alicyclic amines) is 1. The average Bonchev–Trinajstić information content (AvgIpc) is 3.06. The number of aryl methyl sites for hydroxylation is 1. The minimum atomic E-state index is 0.432. The number of hydrogen-bond donors (Lipinski definition) is 1. The molecule has 1 fully saturated rings. The molecule has 1 saturated heterocycles. The third-order valence-electron chi connectivity index (χ3n) is 4.64. The van der Waals surface area contributed by atoms with E-state index in [0.717, 1.165) is 45.4 Å². The number of benzene rings is 1. The van der Waals surface area contributed by atoms with Crippen molar-refractivity contribution in [3.63, 3.8) is 0 Å². The maximum absolute atomic E-state index is 5.58. The van der Waals surface area contributed by atoms with E-state index in [1.165, 1.54) is 17.5 Å². The summed E-state index contributed by atoms with van der Waals surface area (Å²) in [6.45, 7) is 14.1. The monoisotopic (exact) mass is 331 g/mol. The highest BCUT2D eigenvalue weighted by Crippen LogP contribution is 2.19. The van der Waals surface area contributed by atoms with Gasteiger partial charge in [-0.1, -0.05) is 36.8 Å². The first-order chi connectivity index (χ1) is 11.6. The van der Waals surface area contributed by atoms with Gasteiger partial charge in [0.05, 0.1) is 6.61 Å². The zero-order valence-electron chi connectivity index (χ0n) is 15.7. The second kappa shape index (κ2) is 9.67. The van der Waals surface area contributed by atoms with E-state index in [1.54, 1.807) is 0 Å². The Morgan fingerprint density at radius 2 is 2.08 bits per heavy atom. The standard InChI is InChI=1S/C20H33N3O/c1-5-21-20(23-12-11-18(14-23)15-24-6-2)22-13-17(4)19-9-7-16(3)8-10-19/h7-10,17-18H,5-6,11-15H2,1-4H3,(H,21,22). The normalized spacial score (nSPS) is 19.6. The average molecular weight is 332 g/mol. The summed E-state index contributed by atoms with van der Waals surface area (Å²) in [5.41, 5.74) is 2.66. The van der Waals surface area contributed by atoms with Crippen molar-refractivity contribution < 1.29 is 4.74 Å². The smallest absolute Gasteiger partial charge is 0.193 e. The maximum Gasteiger partial charge on any atom is 0.193 e. The van der Waals surface area contributed by atoms with Crippen LogP contribution in [0.5, 0.6) is 0 Å². The zero-order valence-corrected chi connectivity index (χ0v) is 15.7. The zero-order chi connectivity index (χ0) is 17.4. The molecule has 4 nitrogen and oxygen atoms in total. The number of ether oxygens (including phenoxy) is 1. The number of guanidine groups is 1. The van der Waals surface area contributed by atoms with Crippen LogP contribution in [0.1, 0.15) is 44.2 Å². The Hall–Kier alpha value is -1.55. The fourth-order valence-electron chi connectivity index (χ4n) is 3.10. The van der Waals surface area contributed by atoms with E-state index in [1.807, 2.05) is 0 Å². The van der Waals surface area contributed by atoms with Gasteiger partial charge in [-0.25, -0.2) is 0 Å². The van der Waals surface area contributed by atoms with Crippen LogP contribution in [0.4, 0.5) is 0 Å². The second-order valence-corrected chi connectivity index (χ2v) is 6.77. The van der Waals surface area contributed by atoms with Gasteiger partial charge in [-0.2, -0.15) is 0 Å². The Morgan fingerprint density at radius 3 is 2.75 bits per heavy atom. The fourth-order valence-corrected chi connectivity index (χ4v) is 3.10. The predicted molar refractivity (Wildman–Crippen MR) is 102 cm³/mol. The third-order valence-corrected chi connectivity index (χ3v) is 4.64. The Labute approximate surface area is 147 Å². The molecule has 2 rings (SSSR count). The lowest BCUT2D eigenvalue weighted by Crippen LogP contribution is -2.40. The van der Waals surface area contributed by atoms with Crippen LogP contribution in [0.3, 0.4) is 0 Å². The molecule has 0 saturated carbocycles. The number of nitrogens with one attached hydrogen (secondary N) is 1. The summed E-state index contributed by atoms with van der Waals surface area (Å²) in [6.07, 6.45) is 1.19. The first-order valence-corrected chi connectivity index (χ1v) is 9.31. The number of nitrogens with zero attached hydrogens (tertiary/aromatic N) is 2. The van der Waals surface area contributed by atoms with Crippen molar-refractivity contribution in [3.8, 4) is 0 Å². The molecule has 0 spiro atoms. The number of hydrogen-bond acceptors (Lipinski definition) is 2. The van der Waals surface area contributed by atoms with Crippen molar-refractivity contribution in [2.75, 3.05) is 39.4 Å². The van der Waals surface area contributed by atoms with E-state index >= 15 is 0 Å². The summed E-state index contributed by atoms with van der Waals surface area (Å²) in [4.78, 5) is 7.28. The van der Waals surface area contributed by atoms with E-state index < -0.39 is 0 Å². The quantitative estimate of drug-likeness (QED) is 0.614. The van der Waals surface area contributed by atoms with Gasteiger partial charge < -0.3 is 15.0 Å². The number of rotatable bonds is 7. The van der Waals surface area contributed by atoms with E-state index in [4.69, 9.17) is 9.73 Å². The number of aliphatic imine (C=N–C) groups is 1. The third kappa shape index (κ3) is 5.52. The summed E-state index contributed by atoms with van der Waals surface area (Å²) in [5.74, 6) is 2.11. The largest absolute Gasteiger partial charge is 0.381 e. The molecule has 1 heterocycles. The van der Waals surface area contributed by atoms with Crippen LogP contribution in [0.25, 0.3) is 0 Å². The van der Waals surface area contributed by atoms with Crippen molar-refractivity contribution in [1.82, 2.24) is 10.2 Å². The van der Waals surface area contributed by atoms with E-state index in [9.17, 15) is 0 Å². The maximum atomic E-state index is 5.58. The molecule has 1 aliphatic heterocycles. The van der Waals surface area contributed by atoms with E-state index in [2.05, 4.69) is 62.2 Å². The molecule has 1 aromatic rings. The highest BCUT2D eigenvalue weighted by atomic mass is 16.5. The molecule has 134 valence electrons. The molecule has 1 aliphatic rings. The van der Waals surface area contributed by atoms with Gasteiger partial charge in [-0.15, -0.1) is 0 Å². The highest BCUT2D eigenvalue weighted by molar-refractivity contribution is 5.80. The van der Waals surface area contributed by atoms with Crippen LogP contribution in [-0.2, 0) is 4.74 Å². The molecule has 1 N–H and O–H groups in total. The minimum absolute atomic E-state index is 0.432. The fraction of sp³-hybridized carbons (Fsp3) is 0.650. The van der Waals surface area contributed by atoms with Crippen molar-refractivity contribution in [2.45, 2.75) is 40.0 Å². The Bertz CT molecular complexity index is 512. The van der Waals surface area contributed by atoms with Crippen LogP contribution in [0, 0.1) is 12.8 Å². The van der Waals surface area contributed by atoms with Gasteiger partial charge in [0.15, 0.2) is 5.96 Å². The molecule has 0 aliphatic carbocycles. The summed E-state index contributed by atoms with van der Waals surface area (Å²) in [5, 5.41) is 3.45. The van der Waals surface area contributed by atoms with Crippen LogP contribution in [0.15, 0.2) is 29.3 Å². The molecule has 2 atom stereocenters. The van der Waals surface area contributed by atoms with Gasteiger partial charge in [-0.05, 0) is 32.8 Å². The lowest BCUT2D eigenvalue weighted by Gasteiger charge is -2.22. The van der Waals surface area contributed by atoms with Crippen molar-refractivity contribution in [1.29, 1.82) is 0 Å². The van der Waals surface area contributed by atoms with E-state index in [-0.39, 0.29) is 0 Å². The molecule has 0 bridgehead atoms. The van der Waals surface area contributed by atoms with Crippen molar-refractivity contribution in [2.24, 2.45) is 10.9 Å². The Balaban J connectivity index is 1.94. The van der Waals surface area contributed by atoms with Gasteiger partial charge in [0, 0.05) is 44.6 Å². The minimum Gasteiger partial charge on any atom is -0.381 e. The summed E-state index contributed by atoms with van der Waals surface area (Å²) in [7, 11) is 0. The van der Waals surface area contributed by atoms with Gasteiger partial charge in [0.25, 0.3) is 0 Å². The lowest BCUT2D eigenvalue weighted by atomic mass is 10.0. The molecule has 0 radical (unpaired) electrons. The topological polar surface area (TPSA) is 36.9 Å². The Kier molecular flexibility index (Phi) is 7.57. The molecule has 0 aromatic heterocycles. The predicted octanol–water partition coefficient (Wildman–Crippen LogP) is 3.42.